The van der Waals surface area contributed by atoms with Crippen molar-refractivity contribution >= 4 is 95.9 Å². The lowest BCUT2D eigenvalue weighted by Crippen LogP contribution is -2.47. The number of β-amino-alcohol motifs (C(OH)–C–C–N with tert-alkyl or cyclic N) is 1. The highest BCUT2D eigenvalue weighted by Gasteiger charge is 2.30. The van der Waals surface area contributed by atoms with E-state index in [4.69, 9.17) is 74.4 Å². The fourth-order valence-electron chi connectivity index (χ4n) is 16.4. The van der Waals surface area contributed by atoms with Crippen molar-refractivity contribution in [1.82, 2.24) is 106 Å². The molecule has 0 radical (unpaired) electrons. The number of nitrogens with two attached hydrogens (primary N) is 7. The number of aryl methyl sites for hydroxylation is 14. The van der Waals surface area contributed by atoms with Gasteiger partial charge in [-0.2, -0.15) is 0 Å². The molecule has 728 valence electrons. The van der Waals surface area contributed by atoms with Gasteiger partial charge in [0, 0.05) is 136 Å². The van der Waals surface area contributed by atoms with E-state index in [1.807, 2.05) is 153 Å². The summed E-state index contributed by atoms with van der Waals surface area (Å²) in [6.07, 6.45) is 8.85. The average molecular weight is 1850 g/mol. The van der Waals surface area contributed by atoms with Gasteiger partial charge in [-0.05, 0) is 267 Å². The first-order chi connectivity index (χ1) is 64.4. The highest BCUT2D eigenvalue weighted by molar-refractivity contribution is 5.85. The Bertz CT molecular complexity index is 6500. The van der Waals surface area contributed by atoms with Crippen molar-refractivity contribution in [3.8, 4) is 23.5 Å². The number of nitrogen functional groups attached to an aromatic ring is 7. The molecule has 18 heterocycles. The Morgan fingerprint density at radius 2 is 0.726 bits per heavy atom. The molecule has 15 aromatic rings. The normalized spacial score (nSPS) is 14.6. The number of piperazine rings is 1. The minimum absolute atomic E-state index is 0.217. The second-order valence-electron chi connectivity index (χ2n) is 36.5. The molecular formula is C98H146N32O5. The maximum Gasteiger partial charge on any atom is 0.257 e. The summed E-state index contributed by atoms with van der Waals surface area (Å²) in [7, 11) is 18.3. The highest BCUT2D eigenvalue weighted by atomic mass is 16.5. The Kier molecular flexibility index (Phi) is 33.5. The largest absolute Gasteiger partial charge is 0.478 e. The van der Waals surface area contributed by atoms with Gasteiger partial charge in [0.15, 0.2) is 17.5 Å². The van der Waals surface area contributed by atoms with Gasteiger partial charge in [0.2, 0.25) is 0 Å². The zero-order valence-electron chi connectivity index (χ0n) is 83.7. The third-order valence-electron chi connectivity index (χ3n) is 26.3. The smallest absolute Gasteiger partial charge is 0.257 e. The molecule has 15 aromatic heterocycles. The maximum absolute atomic E-state index is 9.01. The van der Waals surface area contributed by atoms with Gasteiger partial charge < -0.3 is 103 Å². The number of nitrogens with zero attached hydrogens (tertiary/aromatic N) is 24. The van der Waals surface area contributed by atoms with Crippen molar-refractivity contribution in [1.29, 1.82) is 0 Å². The first kappa shape index (κ1) is 101. The number of hydrogen-bond donors (Lipinski definition) is 9. The summed E-state index contributed by atoms with van der Waals surface area (Å²) < 4.78 is 37.4. The summed E-state index contributed by atoms with van der Waals surface area (Å²) in [6, 6.07) is 29.7. The van der Waals surface area contributed by atoms with Crippen LogP contribution in [0.1, 0.15) is 98.1 Å². The fraction of sp³-hybridized carbons (Fsp3) is 0.469. The standard InChI is InChI=1S/C17H27N5O.C15H23N5O.C15H23N5.C14H17N5O.C14H23N5.C13H20N4O.C10H13N3O/c1-12-5-6-15-16(18)17(19-22(15)13(12)2)23-10-9-21-8-7-14(11-21)20(3)4;1-11-3-4-13-14(16)15(17-20(13)12(11)2)19-7-5-18(6-8-19)9-10-21;1-10-5-6-13-14(16)15(17-20(13)11(10)2)19-8-7-12(9-19)18(3)4;1-10-3-4-12-13(15)14(17-19(12)11(10)2)20-8-7-18-6-5-16-9-18;1-10-6-7-12-13(15)14(17-19(12)11(10)2)16-8-5-9-18(3)4;1-9-5-6-11-12(14)13(15-17(11)10(9)2)18-8-7-16(3)4;1-6-4-5-8-9(11)10(14-3)12-13(8)7(6)2/h5-6,14H,7-11,18H2,1-4H3;3-4,21H,5-10,16H2,1-2H3;5-6,12H,7-9,16H2,1-4H3;3-6,9H,7-8,15H2,1-2H3;6-7H,5,8-9,15H2,1-4H3,(H,16,17);5-6H,7-8,14H2,1-4H3;4-5H,11H2,1-3H3. The second-order valence-corrected chi connectivity index (χ2v) is 36.5. The maximum atomic E-state index is 9.01. The molecule has 37 nitrogen and oxygen atoms in total. The predicted octanol–water partition coefficient (Wildman–Crippen LogP) is 10.6. The Morgan fingerprint density at radius 1 is 0.370 bits per heavy atom. The summed E-state index contributed by atoms with van der Waals surface area (Å²) in [5.74, 6) is 4.63. The van der Waals surface area contributed by atoms with Crippen LogP contribution in [0, 0.1) is 96.9 Å². The molecule has 3 fully saturated rings. The Morgan fingerprint density at radius 3 is 1.10 bits per heavy atom. The van der Waals surface area contributed by atoms with E-state index in [1.54, 1.807) is 19.6 Å². The monoisotopic (exact) mass is 1850 g/mol. The van der Waals surface area contributed by atoms with Gasteiger partial charge in [-0.15, -0.1) is 35.7 Å². The lowest BCUT2D eigenvalue weighted by atomic mass is 10.2. The Balaban J connectivity index is 0.000000142. The third kappa shape index (κ3) is 23.3. The number of likely N-dealkylation sites (N-methyl/N-ethyl adjacent to an activating group) is 3. The van der Waals surface area contributed by atoms with Gasteiger partial charge in [0.25, 0.3) is 23.5 Å². The van der Waals surface area contributed by atoms with Crippen LogP contribution in [0.5, 0.6) is 23.5 Å². The van der Waals surface area contributed by atoms with E-state index in [0.717, 1.165) is 204 Å². The van der Waals surface area contributed by atoms with Gasteiger partial charge >= 0.3 is 0 Å². The molecule has 0 aliphatic carbocycles. The molecule has 0 saturated carbocycles. The number of pyridine rings is 7. The van der Waals surface area contributed by atoms with E-state index in [2.05, 4.69) is 203 Å². The molecule has 0 bridgehead atoms. The van der Waals surface area contributed by atoms with Crippen molar-refractivity contribution in [2.45, 2.75) is 135 Å². The van der Waals surface area contributed by atoms with Gasteiger partial charge in [-0.3, -0.25) is 9.80 Å². The van der Waals surface area contributed by atoms with Crippen LogP contribution in [-0.4, -0.2) is 298 Å². The van der Waals surface area contributed by atoms with Crippen molar-refractivity contribution in [2.75, 3.05) is 230 Å². The molecule has 135 heavy (non-hydrogen) atoms. The van der Waals surface area contributed by atoms with Crippen LogP contribution in [-0.2, 0) is 6.54 Å². The number of hydrogen-bond acceptors (Lipinski definition) is 29. The third-order valence-corrected chi connectivity index (χ3v) is 26.3. The van der Waals surface area contributed by atoms with E-state index >= 15 is 0 Å². The van der Waals surface area contributed by atoms with Crippen LogP contribution in [0.3, 0.4) is 0 Å². The van der Waals surface area contributed by atoms with E-state index in [-0.39, 0.29) is 6.61 Å². The Hall–Kier alpha value is -13.0. The van der Waals surface area contributed by atoms with Crippen LogP contribution in [0.4, 0.5) is 57.3 Å². The number of aliphatic hydroxyl groups excluding tert-OH is 1. The van der Waals surface area contributed by atoms with Gasteiger partial charge in [0.1, 0.15) is 59.6 Å². The number of imidazole rings is 1. The van der Waals surface area contributed by atoms with Crippen molar-refractivity contribution < 1.29 is 24.1 Å². The summed E-state index contributed by atoms with van der Waals surface area (Å²) in [5, 5.41) is 44.0. The lowest BCUT2D eigenvalue weighted by Gasteiger charge is -2.34. The number of anilines is 10. The molecule has 0 amide bonds. The minimum atomic E-state index is 0.217. The summed E-state index contributed by atoms with van der Waals surface area (Å²) in [4.78, 5) is 22.0. The zero-order chi connectivity index (χ0) is 97.7. The second kappa shape index (κ2) is 44.9. The highest BCUT2D eigenvalue weighted by Crippen LogP contribution is 2.36. The van der Waals surface area contributed by atoms with Crippen LogP contribution >= 0.6 is 0 Å². The summed E-state index contributed by atoms with van der Waals surface area (Å²) in [5.41, 5.74) is 70.3. The molecule has 3 aliphatic heterocycles. The number of aliphatic hydroxyl groups is 1. The van der Waals surface area contributed by atoms with E-state index in [9.17, 15) is 0 Å². The van der Waals surface area contributed by atoms with Crippen LogP contribution in [0.15, 0.2) is 104 Å². The minimum Gasteiger partial charge on any atom is -0.478 e. The molecule has 18 rings (SSSR count). The van der Waals surface area contributed by atoms with E-state index in [0.29, 0.717) is 84.7 Å². The molecule has 3 saturated heterocycles. The number of ether oxygens (including phenoxy) is 4. The molecular weight excluding hydrogens is 1710 g/mol. The number of rotatable bonds is 24. The van der Waals surface area contributed by atoms with Crippen LogP contribution in [0.25, 0.3) is 38.6 Å². The van der Waals surface area contributed by atoms with Crippen LogP contribution in [0.2, 0.25) is 0 Å². The number of likely N-dealkylation sites (tertiary alicyclic amines) is 1. The molecule has 0 spiro atoms. The molecule has 3 aliphatic rings. The summed E-state index contributed by atoms with van der Waals surface area (Å²) in [6.45, 7) is 43.8. The van der Waals surface area contributed by atoms with Crippen molar-refractivity contribution in [2.24, 2.45) is 0 Å². The quantitative estimate of drug-likeness (QED) is 0.0254. The molecule has 0 aromatic carbocycles. The van der Waals surface area contributed by atoms with Crippen molar-refractivity contribution in [3.05, 3.63) is 182 Å². The van der Waals surface area contributed by atoms with Gasteiger partial charge in [-0.25, -0.2) is 36.6 Å². The lowest BCUT2D eigenvalue weighted by molar-refractivity contribution is 0.188. The van der Waals surface area contributed by atoms with Gasteiger partial charge in [-0.1, -0.05) is 42.5 Å². The number of fused-ring (bicyclic) bond motifs is 7. The van der Waals surface area contributed by atoms with Crippen LogP contribution < -0.4 is 74.2 Å². The fourth-order valence-corrected chi connectivity index (χ4v) is 16.4. The van der Waals surface area contributed by atoms with E-state index in [1.165, 1.54) is 51.8 Å². The average Bonchev–Trinajstić information content (AvgIpc) is 1.65. The Labute approximate surface area is 793 Å². The molecule has 37 heteroatoms. The molecule has 2 atom stereocenters. The number of methoxy groups -OCH3 is 1. The van der Waals surface area contributed by atoms with Gasteiger partial charge in [0.05, 0.1) is 65.2 Å². The zero-order valence-corrected chi connectivity index (χ0v) is 83.7. The predicted molar refractivity (Wildman–Crippen MR) is 548 cm³/mol. The van der Waals surface area contributed by atoms with E-state index < -0.39 is 0 Å². The first-order valence-corrected chi connectivity index (χ1v) is 46.4. The van der Waals surface area contributed by atoms with Crippen molar-refractivity contribution in [3.63, 3.8) is 0 Å². The number of aromatic nitrogens is 16. The first-order valence-electron chi connectivity index (χ1n) is 46.4. The molecule has 16 N–H and O–H groups in total. The summed E-state index contributed by atoms with van der Waals surface area (Å²) >= 11 is 0. The molecule has 2 unspecified atom stereocenters. The topological polar surface area (TPSA) is 416 Å². The number of nitrogens with one attached hydrogen (secondary N) is 1. The SMILES string of the molecule is COc1nn2c(C)c(C)ccc2c1N.Cc1ccc2c(N)c(N3CCC(N(C)C)C3)nn2c1C.Cc1ccc2c(N)c(N3CCN(CCO)CC3)nn2c1C.Cc1ccc2c(N)c(NCCCN(C)C)nn2c1C.Cc1ccc2c(N)c(OCCN(C)C)nn2c1C.Cc1ccc2c(N)c(OCCN3CCC(N(C)C)C3)nn2c1C.Cc1ccc2c(N)c(OCCn3ccnc3)nn2c1C.